The predicted octanol–water partition coefficient (Wildman–Crippen LogP) is 5.90. The number of benzene rings is 2. The van der Waals surface area contributed by atoms with Crippen LogP contribution in [0.5, 0.6) is 5.75 Å². The molecule has 1 aliphatic heterocycles. The number of methoxy groups -OCH3 is 2. The number of aryl methyl sites for hydroxylation is 1. The molecule has 1 aliphatic rings. The number of amides is 1. The Morgan fingerprint density at radius 1 is 1.13 bits per heavy atom. The van der Waals surface area contributed by atoms with Gasteiger partial charge in [-0.2, -0.15) is 0 Å². The van der Waals surface area contributed by atoms with E-state index in [-0.39, 0.29) is 24.6 Å². The van der Waals surface area contributed by atoms with Crippen molar-refractivity contribution in [2.75, 3.05) is 31.0 Å². The summed E-state index contributed by atoms with van der Waals surface area (Å²) in [5.41, 5.74) is 3.30. The number of furan rings is 1. The summed E-state index contributed by atoms with van der Waals surface area (Å²) in [4.78, 5) is 20.0. The summed E-state index contributed by atoms with van der Waals surface area (Å²) in [6.45, 7) is 1.99. The number of nitrogens with zero attached hydrogens (tertiary/aromatic N) is 2. The van der Waals surface area contributed by atoms with E-state index < -0.39 is 0 Å². The number of ether oxygens (including phenoxy) is 2. The summed E-state index contributed by atoms with van der Waals surface area (Å²) in [7, 11) is 3.03. The van der Waals surface area contributed by atoms with Crippen LogP contribution < -0.4 is 20.3 Å². The van der Waals surface area contributed by atoms with Gasteiger partial charge in [0.05, 0.1) is 24.5 Å². The molecular formula is C29H28N4O4S2. The quantitative estimate of drug-likeness (QED) is 0.243. The third-order valence-electron chi connectivity index (χ3n) is 6.24. The van der Waals surface area contributed by atoms with Gasteiger partial charge < -0.3 is 29.4 Å². The van der Waals surface area contributed by atoms with E-state index in [1.807, 2.05) is 47.4 Å². The largest absolute Gasteiger partial charge is 0.495 e. The van der Waals surface area contributed by atoms with Crippen LogP contribution in [-0.2, 0) is 9.53 Å². The average Bonchev–Trinajstić information content (AvgIpc) is 3.54. The fourth-order valence-electron chi connectivity index (χ4n) is 4.45. The minimum absolute atomic E-state index is 0.0741. The molecular weight excluding hydrogens is 532 g/mol. The number of hydrogen-bond acceptors (Lipinski definition) is 7. The first-order valence-electron chi connectivity index (χ1n) is 12.3. The maximum absolute atomic E-state index is 12.3. The van der Waals surface area contributed by atoms with Gasteiger partial charge in [0.15, 0.2) is 10.2 Å². The van der Waals surface area contributed by atoms with Crippen molar-refractivity contribution in [2.24, 2.45) is 0 Å². The molecule has 39 heavy (non-hydrogen) atoms. The molecule has 1 saturated heterocycles. The second-order valence-corrected chi connectivity index (χ2v) is 10.4. The van der Waals surface area contributed by atoms with E-state index in [4.69, 9.17) is 26.1 Å². The Labute approximate surface area is 236 Å². The van der Waals surface area contributed by atoms with Gasteiger partial charge in [0.1, 0.15) is 24.2 Å². The molecule has 200 valence electrons. The second-order valence-electron chi connectivity index (χ2n) is 8.93. The van der Waals surface area contributed by atoms with Crippen LogP contribution in [-0.4, -0.2) is 36.8 Å². The number of carbonyl (C=O) groups is 1. The molecule has 0 bridgehead atoms. The van der Waals surface area contributed by atoms with Crippen LogP contribution in [0.25, 0.3) is 0 Å². The Kier molecular flexibility index (Phi) is 8.16. The van der Waals surface area contributed by atoms with Crippen molar-refractivity contribution in [2.45, 2.75) is 29.0 Å². The number of rotatable bonds is 9. The van der Waals surface area contributed by atoms with E-state index >= 15 is 0 Å². The molecule has 0 radical (unpaired) electrons. The maximum Gasteiger partial charge on any atom is 0.250 e. The molecule has 0 saturated carbocycles. The van der Waals surface area contributed by atoms with E-state index in [1.54, 1.807) is 31.1 Å². The number of anilines is 2. The molecule has 10 heteroatoms. The van der Waals surface area contributed by atoms with Crippen LogP contribution >= 0.6 is 24.0 Å². The van der Waals surface area contributed by atoms with Crippen molar-refractivity contribution < 1.29 is 18.7 Å². The molecule has 3 heterocycles. The van der Waals surface area contributed by atoms with Gasteiger partial charge in [-0.15, -0.1) is 0 Å². The Hall–Kier alpha value is -3.86. The zero-order chi connectivity index (χ0) is 27.4. The highest BCUT2D eigenvalue weighted by Gasteiger charge is 2.42. The van der Waals surface area contributed by atoms with Crippen molar-refractivity contribution in [3.05, 3.63) is 96.0 Å². The summed E-state index contributed by atoms with van der Waals surface area (Å²) >= 11 is 7.40. The smallest absolute Gasteiger partial charge is 0.250 e. The third-order valence-corrected chi connectivity index (χ3v) is 7.48. The van der Waals surface area contributed by atoms with Crippen molar-refractivity contribution in [3.8, 4) is 5.75 Å². The van der Waals surface area contributed by atoms with Gasteiger partial charge in [-0.3, -0.25) is 9.78 Å². The first-order valence-corrected chi connectivity index (χ1v) is 13.5. The normalized spacial score (nSPS) is 16.7. The van der Waals surface area contributed by atoms with E-state index in [0.717, 1.165) is 27.1 Å². The number of nitrogens with one attached hydrogen (secondary N) is 2. The van der Waals surface area contributed by atoms with Crippen molar-refractivity contribution >= 4 is 46.4 Å². The van der Waals surface area contributed by atoms with Crippen molar-refractivity contribution in [3.63, 3.8) is 0 Å². The van der Waals surface area contributed by atoms with Gasteiger partial charge in [-0.25, -0.2) is 0 Å². The highest BCUT2D eigenvalue weighted by molar-refractivity contribution is 7.99. The molecule has 0 aliphatic carbocycles. The number of pyridine rings is 1. The molecule has 2 aromatic carbocycles. The fourth-order valence-corrected chi connectivity index (χ4v) is 5.58. The Morgan fingerprint density at radius 3 is 2.67 bits per heavy atom. The van der Waals surface area contributed by atoms with Crippen LogP contribution in [0.3, 0.4) is 0 Å². The minimum Gasteiger partial charge on any atom is -0.495 e. The Balaban J connectivity index is 1.52. The van der Waals surface area contributed by atoms with Gasteiger partial charge >= 0.3 is 0 Å². The number of hydrogen-bond donors (Lipinski definition) is 2. The maximum atomic E-state index is 12.3. The number of carbonyl (C=O) groups excluding carboxylic acids is 1. The summed E-state index contributed by atoms with van der Waals surface area (Å²) in [5.74, 6) is 0.962. The van der Waals surface area contributed by atoms with Crippen LogP contribution in [0.2, 0.25) is 0 Å². The Morgan fingerprint density at radius 2 is 1.95 bits per heavy atom. The zero-order valence-corrected chi connectivity index (χ0v) is 23.3. The lowest BCUT2D eigenvalue weighted by molar-refractivity contribution is -0.119. The molecule has 2 aromatic heterocycles. The SMILES string of the molecule is COCC(=O)Nc1cc(N2C(=S)N[C@H](c3ccccn3)[C@H]2c2ccc(Sc3ccc(C)cc3)o2)ccc1OC. The lowest BCUT2D eigenvalue weighted by atomic mass is 10.0. The highest BCUT2D eigenvalue weighted by atomic mass is 32.2. The molecule has 8 nitrogen and oxygen atoms in total. The Bertz CT molecular complexity index is 1460. The second kappa shape index (κ2) is 11.9. The third kappa shape index (κ3) is 5.93. The predicted molar refractivity (Wildman–Crippen MR) is 155 cm³/mol. The molecule has 0 spiro atoms. The summed E-state index contributed by atoms with van der Waals surface area (Å²) < 4.78 is 16.9. The van der Waals surface area contributed by atoms with E-state index in [9.17, 15) is 4.79 Å². The van der Waals surface area contributed by atoms with Gasteiger partial charge in [0.25, 0.3) is 0 Å². The monoisotopic (exact) mass is 560 g/mol. The van der Waals surface area contributed by atoms with Crippen LogP contribution in [0.15, 0.2) is 93.4 Å². The van der Waals surface area contributed by atoms with Crippen molar-refractivity contribution in [1.82, 2.24) is 10.3 Å². The lowest BCUT2D eigenvalue weighted by Crippen LogP contribution is -2.29. The topological polar surface area (TPSA) is 88.9 Å². The molecule has 1 amide bonds. The van der Waals surface area contributed by atoms with Crippen LogP contribution in [0.4, 0.5) is 11.4 Å². The van der Waals surface area contributed by atoms with Gasteiger partial charge in [-0.05, 0) is 73.7 Å². The average molecular weight is 561 g/mol. The van der Waals surface area contributed by atoms with Gasteiger partial charge in [-0.1, -0.05) is 35.5 Å². The summed E-state index contributed by atoms with van der Waals surface area (Å²) in [5, 5.41) is 7.57. The molecule has 4 aromatic rings. The minimum atomic E-state index is -0.337. The van der Waals surface area contributed by atoms with Crippen LogP contribution in [0, 0.1) is 6.92 Å². The van der Waals surface area contributed by atoms with E-state index in [1.165, 1.54) is 12.7 Å². The van der Waals surface area contributed by atoms with Crippen LogP contribution in [0.1, 0.15) is 29.1 Å². The molecule has 5 rings (SSSR count). The fraction of sp³-hybridized carbons (Fsp3) is 0.207. The van der Waals surface area contributed by atoms with Gasteiger partial charge in [0, 0.05) is 23.9 Å². The van der Waals surface area contributed by atoms with Crippen molar-refractivity contribution in [1.29, 1.82) is 0 Å². The lowest BCUT2D eigenvalue weighted by Gasteiger charge is -2.27. The number of aromatic nitrogens is 1. The number of thiocarbonyl (C=S) groups is 1. The molecule has 0 unspecified atom stereocenters. The van der Waals surface area contributed by atoms with E-state index in [2.05, 4.69) is 46.8 Å². The van der Waals surface area contributed by atoms with E-state index in [0.29, 0.717) is 16.5 Å². The zero-order valence-electron chi connectivity index (χ0n) is 21.7. The first-order chi connectivity index (χ1) is 19.0. The molecule has 1 fully saturated rings. The molecule has 2 N–H and O–H groups in total. The van der Waals surface area contributed by atoms with Gasteiger partial charge in [0.2, 0.25) is 5.91 Å². The standard InChI is InChI=1S/C29H28N4O4S2/c1-18-7-10-20(11-8-18)39-26-14-13-24(37-26)28-27(21-6-4-5-15-30-21)32-29(38)33(28)19-9-12-23(36-3)22(16-19)31-25(34)17-35-2/h4-16,27-28H,17H2,1-3H3,(H,31,34)(H,32,38)/t27-,28-/m1/s1. The highest BCUT2D eigenvalue weighted by Crippen LogP contribution is 2.44. The summed E-state index contributed by atoms with van der Waals surface area (Å²) in [6.07, 6.45) is 1.76. The summed E-state index contributed by atoms with van der Waals surface area (Å²) in [6, 6.07) is 23.0. The first kappa shape index (κ1) is 26.7. The molecule has 2 atom stereocenters.